The molecule has 3 aliphatic heterocycles. The van der Waals surface area contributed by atoms with E-state index in [2.05, 4.69) is 27.6 Å². The van der Waals surface area contributed by atoms with E-state index in [4.69, 9.17) is 24.2 Å². The number of amides is 1. The van der Waals surface area contributed by atoms with Gasteiger partial charge in [-0.15, -0.1) is 5.10 Å². The standard InChI is InChI=1S/C29H43N7O5/c1-7-25(37)35-20-9-8-11-29(35,6)16-19(14-20)30-26-32-22(15-24(33-26)40-21-10-12-39-17-21)31-23-13-18(2)36(34-23)27(38)41-28(3,4)5/h13,15,19-21H,7-12,14,16-17H2,1-6H3,(H2,30,31,32,33,34). The number of aryl methyl sites for hydroxylation is 1. The Hall–Kier alpha value is -3.41. The molecule has 3 aliphatic rings. The van der Waals surface area contributed by atoms with Gasteiger partial charge in [0.15, 0.2) is 5.82 Å². The van der Waals surface area contributed by atoms with Crippen molar-refractivity contribution >= 4 is 29.6 Å². The number of aromatic nitrogens is 4. The Morgan fingerprint density at radius 1 is 1.20 bits per heavy atom. The van der Waals surface area contributed by atoms with Crippen LogP contribution >= 0.6 is 0 Å². The van der Waals surface area contributed by atoms with Crippen LogP contribution in [0.1, 0.15) is 85.3 Å². The molecule has 3 fully saturated rings. The van der Waals surface area contributed by atoms with Crippen LogP contribution in [0.4, 0.5) is 22.4 Å². The van der Waals surface area contributed by atoms with Crippen molar-refractivity contribution in [2.24, 2.45) is 0 Å². The minimum Gasteiger partial charge on any atom is -0.472 e. The lowest BCUT2D eigenvalue weighted by atomic mass is 9.73. The minimum atomic E-state index is -0.637. The molecule has 0 saturated carbocycles. The Morgan fingerprint density at radius 3 is 2.68 bits per heavy atom. The van der Waals surface area contributed by atoms with Gasteiger partial charge in [-0.3, -0.25) is 4.79 Å². The molecule has 2 N–H and O–H groups in total. The lowest BCUT2D eigenvalue weighted by molar-refractivity contribution is -0.148. The Bertz CT molecular complexity index is 1270. The zero-order valence-electron chi connectivity index (χ0n) is 25.0. The van der Waals surface area contributed by atoms with Gasteiger partial charge in [-0.25, -0.2) is 4.79 Å². The van der Waals surface area contributed by atoms with Crippen LogP contribution in [-0.4, -0.2) is 79.2 Å². The number of hydrogen-bond acceptors (Lipinski definition) is 10. The van der Waals surface area contributed by atoms with E-state index in [1.165, 1.54) is 4.68 Å². The van der Waals surface area contributed by atoms with Crippen LogP contribution < -0.4 is 15.4 Å². The topological polar surface area (TPSA) is 133 Å². The van der Waals surface area contributed by atoms with E-state index < -0.39 is 11.7 Å². The molecule has 2 aromatic heterocycles. The smallest absolute Gasteiger partial charge is 0.435 e. The highest BCUT2D eigenvalue weighted by molar-refractivity contribution is 5.77. The van der Waals surface area contributed by atoms with Gasteiger partial charge in [0.2, 0.25) is 17.7 Å². The van der Waals surface area contributed by atoms with Crippen molar-refractivity contribution in [3.8, 4) is 5.88 Å². The first-order valence-electron chi connectivity index (χ1n) is 14.7. The number of nitrogens with one attached hydrogen (secondary N) is 2. The molecular weight excluding hydrogens is 526 g/mol. The number of carbonyl (C=O) groups is 2. The Labute approximate surface area is 241 Å². The van der Waals surface area contributed by atoms with Crippen LogP contribution in [0.25, 0.3) is 0 Å². The molecule has 12 nitrogen and oxygen atoms in total. The predicted molar refractivity (Wildman–Crippen MR) is 154 cm³/mol. The van der Waals surface area contributed by atoms with Crippen molar-refractivity contribution in [3.05, 3.63) is 17.8 Å². The molecule has 0 spiro atoms. The summed E-state index contributed by atoms with van der Waals surface area (Å²) in [5.74, 6) is 2.02. The van der Waals surface area contributed by atoms with E-state index in [-0.39, 0.29) is 29.6 Å². The van der Waals surface area contributed by atoms with Crippen molar-refractivity contribution in [3.63, 3.8) is 0 Å². The first kappa shape index (κ1) is 29.1. The molecule has 5 rings (SSSR count). The molecule has 2 aromatic rings. The summed E-state index contributed by atoms with van der Waals surface area (Å²) in [7, 11) is 0. The molecule has 1 amide bonds. The number of fused-ring (bicyclic) bond motifs is 2. The number of carbonyl (C=O) groups excluding carboxylic acids is 2. The van der Waals surface area contributed by atoms with Crippen molar-refractivity contribution in [1.29, 1.82) is 0 Å². The van der Waals surface area contributed by atoms with E-state index in [1.54, 1.807) is 19.1 Å². The Balaban J connectivity index is 1.37. The second-order valence-corrected chi connectivity index (χ2v) is 12.6. The fourth-order valence-electron chi connectivity index (χ4n) is 6.29. The zero-order chi connectivity index (χ0) is 29.4. The van der Waals surface area contributed by atoms with Crippen LogP contribution in [-0.2, 0) is 14.3 Å². The Kier molecular flexibility index (Phi) is 8.13. The van der Waals surface area contributed by atoms with Crippen LogP contribution in [0.3, 0.4) is 0 Å². The van der Waals surface area contributed by atoms with Crippen molar-refractivity contribution in [1.82, 2.24) is 24.6 Å². The third-order valence-corrected chi connectivity index (χ3v) is 7.93. The van der Waals surface area contributed by atoms with Crippen LogP contribution in [0, 0.1) is 6.92 Å². The molecular formula is C29H43N7O5. The number of nitrogens with zero attached hydrogens (tertiary/aromatic N) is 5. The molecule has 224 valence electrons. The maximum atomic E-state index is 12.8. The second-order valence-electron chi connectivity index (χ2n) is 12.6. The first-order valence-corrected chi connectivity index (χ1v) is 14.7. The maximum Gasteiger partial charge on any atom is 0.435 e. The fraction of sp³-hybridized carbons (Fsp3) is 0.690. The number of ether oxygens (including phenoxy) is 3. The quantitative estimate of drug-likeness (QED) is 0.479. The van der Waals surface area contributed by atoms with Gasteiger partial charge in [-0.2, -0.15) is 14.6 Å². The number of rotatable bonds is 7. The number of hydrogen-bond donors (Lipinski definition) is 2. The molecule has 0 aromatic carbocycles. The lowest BCUT2D eigenvalue weighted by Crippen LogP contribution is -2.63. The van der Waals surface area contributed by atoms with Gasteiger partial charge in [-0.1, -0.05) is 6.92 Å². The lowest BCUT2D eigenvalue weighted by Gasteiger charge is -2.55. The fourth-order valence-corrected chi connectivity index (χ4v) is 6.29. The number of piperidine rings is 2. The van der Waals surface area contributed by atoms with E-state index in [9.17, 15) is 9.59 Å². The van der Waals surface area contributed by atoms with E-state index >= 15 is 0 Å². The molecule has 41 heavy (non-hydrogen) atoms. The normalized spacial score (nSPS) is 26.0. The number of anilines is 3. The SMILES string of the molecule is CCC(=O)N1C2CCCC1(C)CC(Nc1nc(Nc3cc(C)n(C(=O)OC(C)(C)C)n3)cc(OC3CCOC3)n1)C2. The first-order chi connectivity index (χ1) is 19.4. The summed E-state index contributed by atoms with van der Waals surface area (Å²) >= 11 is 0. The maximum absolute atomic E-state index is 12.8. The van der Waals surface area contributed by atoms with Crippen LogP contribution in [0.2, 0.25) is 0 Å². The molecule has 5 heterocycles. The molecule has 4 unspecified atom stereocenters. The third-order valence-electron chi connectivity index (χ3n) is 7.93. The minimum absolute atomic E-state index is 0.0826. The highest BCUT2D eigenvalue weighted by Crippen LogP contribution is 2.43. The van der Waals surface area contributed by atoms with Gasteiger partial charge in [0.1, 0.15) is 17.5 Å². The van der Waals surface area contributed by atoms with Gasteiger partial charge in [0, 0.05) is 48.3 Å². The van der Waals surface area contributed by atoms with Crippen molar-refractivity contribution in [2.75, 3.05) is 23.8 Å². The van der Waals surface area contributed by atoms with Gasteiger partial charge < -0.3 is 29.7 Å². The molecule has 4 atom stereocenters. The average Bonchev–Trinajstić information content (AvgIpc) is 3.51. The highest BCUT2D eigenvalue weighted by atomic mass is 16.6. The van der Waals surface area contributed by atoms with Crippen molar-refractivity contribution < 1.29 is 23.8 Å². The van der Waals surface area contributed by atoms with Gasteiger partial charge in [0.25, 0.3) is 0 Å². The van der Waals surface area contributed by atoms with Crippen LogP contribution in [0.15, 0.2) is 12.1 Å². The molecule has 3 saturated heterocycles. The summed E-state index contributed by atoms with van der Waals surface area (Å²) in [6.45, 7) is 12.5. The second kappa shape index (κ2) is 11.5. The summed E-state index contributed by atoms with van der Waals surface area (Å²) in [4.78, 5) is 37.0. The van der Waals surface area contributed by atoms with Gasteiger partial charge in [-0.05, 0) is 66.7 Å². The van der Waals surface area contributed by atoms with Gasteiger partial charge in [0.05, 0.1) is 13.2 Å². The van der Waals surface area contributed by atoms with Crippen LogP contribution in [0.5, 0.6) is 5.88 Å². The molecule has 2 bridgehead atoms. The molecule has 0 radical (unpaired) electrons. The summed E-state index contributed by atoms with van der Waals surface area (Å²) in [5, 5.41) is 11.2. The van der Waals surface area contributed by atoms with E-state index in [1.807, 2.05) is 27.7 Å². The largest absolute Gasteiger partial charge is 0.472 e. The molecule has 0 aliphatic carbocycles. The molecule has 12 heteroatoms. The highest BCUT2D eigenvalue weighted by Gasteiger charge is 2.48. The third kappa shape index (κ3) is 6.74. The van der Waals surface area contributed by atoms with E-state index in [0.717, 1.165) is 38.5 Å². The van der Waals surface area contributed by atoms with Gasteiger partial charge >= 0.3 is 6.09 Å². The predicted octanol–water partition coefficient (Wildman–Crippen LogP) is 4.80. The monoisotopic (exact) mass is 569 g/mol. The summed E-state index contributed by atoms with van der Waals surface area (Å²) < 4.78 is 18.3. The summed E-state index contributed by atoms with van der Waals surface area (Å²) in [5.41, 5.74) is -0.196. The Morgan fingerprint density at radius 2 is 2.00 bits per heavy atom. The summed E-state index contributed by atoms with van der Waals surface area (Å²) in [6.07, 6.45) is 5.48. The zero-order valence-corrected chi connectivity index (χ0v) is 25.0. The average molecular weight is 570 g/mol. The van der Waals surface area contributed by atoms with E-state index in [0.29, 0.717) is 48.8 Å². The van der Waals surface area contributed by atoms with Crippen molar-refractivity contribution in [2.45, 2.75) is 116 Å². The summed E-state index contributed by atoms with van der Waals surface area (Å²) in [6, 6.07) is 3.80.